The molecule has 0 saturated carbocycles. The number of benzene rings is 1. The number of anilines is 1. The first-order valence-corrected chi connectivity index (χ1v) is 7.40. The molecule has 1 aliphatic heterocycles. The zero-order valence-electron chi connectivity index (χ0n) is 11.1. The maximum Gasteiger partial charge on any atom is 0.249 e. The summed E-state index contributed by atoms with van der Waals surface area (Å²) in [6.07, 6.45) is 0.759. The smallest absolute Gasteiger partial charge is 0.249 e. The van der Waals surface area contributed by atoms with Crippen LogP contribution in [0.3, 0.4) is 0 Å². The van der Waals surface area contributed by atoms with Gasteiger partial charge in [0.1, 0.15) is 12.1 Å². The quantitative estimate of drug-likeness (QED) is 0.653. The van der Waals surface area contributed by atoms with Crippen molar-refractivity contribution in [3.63, 3.8) is 0 Å². The van der Waals surface area contributed by atoms with Gasteiger partial charge in [0.15, 0.2) is 0 Å². The van der Waals surface area contributed by atoms with E-state index in [1.54, 1.807) is 17.8 Å². The van der Waals surface area contributed by atoms with Crippen molar-refractivity contribution >= 4 is 29.3 Å². The highest BCUT2D eigenvalue weighted by atomic mass is 32.2. The molecule has 0 aliphatic carbocycles. The molecule has 1 heterocycles. The van der Waals surface area contributed by atoms with Crippen LogP contribution in [0.4, 0.5) is 5.69 Å². The lowest BCUT2D eigenvalue weighted by molar-refractivity contribution is -0.133. The van der Waals surface area contributed by atoms with Crippen LogP contribution in [-0.2, 0) is 9.59 Å². The van der Waals surface area contributed by atoms with E-state index in [4.69, 9.17) is 0 Å². The number of amides is 2. The fourth-order valence-corrected chi connectivity index (χ4v) is 2.85. The topological polar surface area (TPSA) is 82.0 Å². The fourth-order valence-electron chi connectivity index (χ4n) is 2.06. The van der Waals surface area contributed by atoms with Gasteiger partial charge in [-0.2, -0.15) is 5.26 Å². The minimum atomic E-state index is -0.471. The van der Waals surface area contributed by atoms with Crippen LogP contribution in [0.1, 0.15) is 25.3 Å². The average Bonchev–Trinajstić information content (AvgIpc) is 2.42. The van der Waals surface area contributed by atoms with Gasteiger partial charge in [-0.25, -0.2) is 0 Å². The lowest BCUT2D eigenvalue weighted by Crippen LogP contribution is -2.47. The largest absolute Gasteiger partial charge is 0.373 e. The normalized spacial score (nSPS) is 18.3. The summed E-state index contributed by atoms with van der Waals surface area (Å²) in [4.78, 5) is 23.8. The van der Waals surface area contributed by atoms with Crippen molar-refractivity contribution in [3.05, 3.63) is 23.8 Å². The predicted octanol–water partition coefficient (Wildman–Crippen LogP) is 1.89. The number of imide groups is 1. The fraction of sp³-hybridized carbons (Fsp3) is 0.357. The first-order valence-electron chi connectivity index (χ1n) is 6.41. The first kappa shape index (κ1) is 14.4. The van der Waals surface area contributed by atoms with Crippen LogP contribution in [0.15, 0.2) is 23.1 Å². The highest BCUT2D eigenvalue weighted by molar-refractivity contribution is 7.99. The number of thioether (sulfide) groups is 1. The summed E-state index contributed by atoms with van der Waals surface area (Å²) in [6.45, 7) is 2.02. The van der Waals surface area contributed by atoms with Crippen molar-refractivity contribution in [2.24, 2.45) is 0 Å². The number of rotatable bonds is 4. The van der Waals surface area contributed by atoms with Gasteiger partial charge in [-0.1, -0.05) is 13.0 Å². The van der Waals surface area contributed by atoms with E-state index in [2.05, 4.69) is 16.7 Å². The molecule has 1 aromatic carbocycles. The van der Waals surface area contributed by atoms with Gasteiger partial charge in [0.05, 0.1) is 11.3 Å². The molecule has 1 aromatic rings. The monoisotopic (exact) mass is 289 g/mol. The van der Waals surface area contributed by atoms with Crippen LogP contribution in [0.25, 0.3) is 0 Å². The number of nitrogens with one attached hydrogen (secondary N) is 2. The number of carbonyl (C=O) groups is 2. The lowest BCUT2D eigenvalue weighted by Gasteiger charge is -2.23. The third kappa shape index (κ3) is 3.11. The van der Waals surface area contributed by atoms with Gasteiger partial charge < -0.3 is 5.32 Å². The Kier molecular flexibility index (Phi) is 4.64. The van der Waals surface area contributed by atoms with E-state index in [1.165, 1.54) is 0 Å². The third-order valence-electron chi connectivity index (χ3n) is 3.01. The molecule has 2 rings (SSSR count). The van der Waals surface area contributed by atoms with Crippen molar-refractivity contribution in [1.29, 1.82) is 5.26 Å². The molecule has 0 spiro atoms. The zero-order valence-corrected chi connectivity index (χ0v) is 11.9. The Balaban J connectivity index is 2.21. The highest BCUT2D eigenvalue weighted by Gasteiger charge is 2.27. The molecule has 1 fully saturated rings. The zero-order chi connectivity index (χ0) is 14.5. The Morgan fingerprint density at radius 1 is 1.50 bits per heavy atom. The van der Waals surface area contributed by atoms with Crippen molar-refractivity contribution in [1.82, 2.24) is 5.32 Å². The summed E-state index contributed by atoms with van der Waals surface area (Å²) in [6, 6.07) is 7.23. The van der Waals surface area contributed by atoms with Crippen LogP contribution >= 0.6 is 11.8 Å². The standard InChI is InChI=1S/C14H15N3O2S/c1-2-20-12-5-3-4-10(9(12)8-15)16-11-6-7-13(18)17-14(11)19/h3-5,11,16H,2,6-7H2,1H3,(H,17,18,19). The van der Waals surface area contributed by atoms with Crippen LogP contribution in [0, 0.1) is 11.3 Å². The predicted molar refractivity (Wildman–Crippen MR) is 77.3 cm³/mol. The van der Waals surface area contributed by atoms with Gasteiger partial charge in [-0.15, -0.1) is 11.8 Å². The highest BCUT2D eigenvalue weighted by Crippen LogP contribution is 2.28. The Hall–Kier alpha value is -2.00. The maximum atomic E-state index is 11.7. The van der Waals surface area contributed by atoms with E-state index in [9.17, 15) is 14.9 Å². The average molecular weight is 289 g/mol. The van der Waals surface area contributed by atoms with Gasteiger partial charge in [0, 0.05) is 11.3 Å². The summed E-state index contributed by atoms with van der Waals surface area (Å²) >= 11 is 1.59. The SMILES string of the molecule is CCSc1cccc(NC2CCC(=O)NC2=O)c1C#N. The summed E-state index contributed by atoms with van der Waals surface area (Å²) in [5.41, 5.74) is 1.18. The molecule has 0 bridgehead atoms. The van der Waals surface area contributed by atoms with Gasteiger partial charge in [-0.05, 0) is 24.3 Å². The summed E-state index contributed by atoms with van der Waals surface area (Å²) in [5, 5.41) is 14.7. The van der Waals surface area contributed by atoms with Crippen molar-refractivity contribution in [2.75, 3.05) is 11.1 Å². The summed E-state index contributed by atoms with van der Waals surface area (Å²) in [7, 11) is 0. The second-order valence-corrected chi connectivity index (χ2v) is 5.68. The van der Waals surface area contributed by atoms with Crippen LogP contribution in [0.5, 0.6) is 0 Å². The number of nitriles is 1. The maximum absolute atomic E-state index is 11.7. The molecule has 1 saturated heterocycles. The lowest BCUT2D eigenvalue weighted by atomic mass is 10.0. The molecule has 2 amide bonds. The number of hydrogen-bond donors (Lipinski definition) is 2. The molecule has 5 nitrogen and oxygen atoms in total. The Morgan fingerprint density at radius 2 is 2.30 bits per heavy atom. The molecule has 104 valence electrons. The first-order chi connectivity index (χ1) is 9.65. The van der Waals surface area contributed by atoms with Crippen LogP contribution in [0.2, 0.25) is 0 Å². The summed E-state index contributed by atoms with van der Waals surface area (Å²) < 4.78 is 0. The van der Waals surface area contributed by atoms with E-state index in [-0.39, 0.29) is 11.8 Å². The third-order valence-corrected chi connectivity index (χ3v) is 3.95. The molecule has 0 aromatic heterocycles. The second kappa shape index (κ2) is 6.44. The van der Waals surface area contributed by atoms with Crippen molar-refractivity contribution in [3.8, 4) is 6.07 Å². The van der Waals surface area contributed by atoms with Crippen LogP contribution in [-0.4, -0.2) is 23.6 Å². The number of hydrogen-bond acceptors (Lipinski definition) is 5. The van der Waals surface area contributed by atoms with Crippen molar-refractivity contribution < 1.29 is 9.59 Å². The number of piperidine rings is 1. The van der Waals surface area contributed by atoms with E-state index in [1.807, 2.05) is 19.1 Å². The van der Waals surface area contributed by atoms with Crippen molar-refractivity contribution in [2.45, 2.75) is 30.7 Å². The van der Waals surface area contributed by atoms with Crippen LogP contribution < -0.4 is 10.6 Å². The molecule has 20 heavy (non-hydrogen) atoms. The van der Waals surface area contributed by atoms with E-state index in [0.29, 0.717) is 24.1 Å². The Labute approximate surface area is 121 Å². The molecular formula is C14H15N3O2S. The second-order valence-electron chi connectivity index (χ2n) is 4.37. The number of carbonyl (C=O) groups excluding carboxylic acids is 2. The molecule has 1 unspecified atom stereocenters. The Morgan fingerprint density at radius 3 is 2.95 bits per heavy atom. The Bertz CT molecular complexity index is 580. The van der Waals surface area contributed by atoms with E-state index >= 15 is 0 Å². The number of nitrogens with zero attached hydrogens (tertiary/aromatic N) is 1. The molecular weight excluding hydrogens is 274 g/mol. The molecule has 1 aliphatic rings. The minimum absolute atomic E-state index is 0.246. The van der Waals surface area contributed by atoms with Gasteiger partial charge in [-0.3, -0.25) is 14.9 Å². The van der Waals surface area contributed by atoms with Gasteiger partial charge in [0.25, 0.3) is 0 Å². The molecule has 6 heteroatoms. The van der Waals surface area contributed by atoms with E-state index < -0.39 is 6.04 Å². The van der Waals surface area contributed by atoms with Gasteiger partial charge >= 0.3 is 0 Å². The minimum Gasteiger partial charge on any atom is -0.373 e. The van der Waals surface area contributed by atoms with E-state index in [0.717, 1.165) is 10.6 Å². The summed E-state index contributed by atoms with van der Waals surface area (Å²) in [5.74, 6) is 0.291. The van der Waals surface area contributed by atoms with Gasteiger partial charge in [0.2, 0.25) is 11.8 Å². The molecule has 2 N–H and O–H groups in total. The molecule has 1 atom stereocenters. The molecule has 0 radical (unpaired) electrons.